The summed E-state index contributed by atoms with van der Waals surface area (Å²) in [4.78, 5) is 27.7. The molecule has 0 aromatic heterocycles. The van der Waals surface area contributed by atoms with Crippen LogP contribution in [0.2, 0.25) is 5.31 Å². The smallest absolute Gasteiger partial charge is 0.330 e. The number of nitrogens with zero attached hydrogens (tertiary/aromatic N) is 1. The number of hydrogen-bond donors (Lipinski definition) is 1. The number of ketones is 1. The molecule has 0 spiro atoms. The van der Waals surface area contributed by atoms with Crippen LogP contribution in [0.3, 0.4) is 0 Å². The molecule has 3 aliphatic carbocycles. The third kappa shape index (κ3) is 3.68. The van der Waals surface area contributed by atoms with Crippen molar-refractivity contribution in [3.8, 4) is 0 Å². The summed E-state index contributed by atoms with van der Waals surface area (Å²) in [6.07, 6.45) is 4.58. The van der Waals surface area contributed by atoms with E-state index in [-0.39, 0.29) is 40.3 Å². The molecular formula is C24H38BNO4. The molecule has 30 heavy (non-hydrogen) atoms. The van der Waals surface area contributed by atoms with Crippen molar-refractivity contribution in [1.82, 2.24) is 4.90 Å². The molecule has 0 aromatic rings. The van der Waals surface area contributed by atoms with Gasteiger partial charge in [0, 0.05) is 25.0 Å². The zero-order valence-corrected chi connectivity index (χ0v) is 19.5. The minimum Gasteiger partial charge on any atom is -0.461 e. The second-order valence-corrected chi connectivity index (χ2v) is 11.0. The molecule has 0 unspecified atom stereocenters. The number of aliphatic hydroxyl groups is 1. The second-order valence-electron chi connectivity index (χ2n) is 11.0. The van der Waals surface area contributed by atoms with Crippen LogP contribution < -0.4 is 0 Å². The number of likely N-dealkylation sites (N-methyl/N-ethyl adjacent to an activating group) is 1. The van der Waals surface area contributed by atoms with Crippen molar-refractivity contribution in [3.05, 3.63) is 11.6 Å². The normalized spacial score (nSPS) is 42.0. The summed E-state index contributed by atoms with van der Waals surface area (Å²) in [7, 11) is 11.0. The van der Waals surface area contributed by atoms with E-state index in [1.165, 1.54) is 0 Å². The molecule has 0 heterocycles. The maximum atomic E-state index is 13.4. The second kappa shape index (κ2) is 8.09. The first kappa shape index (κ1) is 23.5. The fourth-order valence-electron chi connectivity index (χ4n) is 6.74. The molecule has 0 saturated heterocycles. The van der Waals surface area contributed by atoms with Gasteiger partial charge >= 0.3 is 5.97 Å². The third-order valence-electron chi connectivity index (χ3n) is 8.83. The molecule has 0 bridgehead atoms. The predicted molar refractivity (Wildman–Crippen MR) is 118 cm³/mol. The fourth-order valence-corrected chi connectivity index (χ4v) is 6.74. The zero-order chi connectivity index (χ0) is 22.5. The lowest BCUT2D eigenvalue weighted by Crippen LogP contribution is -2.62. The van der Waals surface area contributed by atoms with Gasteiger partial charge in [-0.25, -0.2) is 4.79 Å². The van der Waals surface area contributed by atoms with Crippen LogP contribution in [-0.4, -0.2) is 63.0 Å². The highest BCUT2D eigenvalue weighted by molar-refractivity contribution is 6.19. The molecule has 0 aliphatic heterocycles. The molecule has 0 aromatic carbocycles. The molecule has 6 heteroatoms. The van der Waals surface area contributed by atoms with Gasteiger partial charge in [0.1, 0.15) is 12.4 Å². The van der Waals surface area contributed by atoms with E-state index < -0.39 is 11.4 Å². The average Bonchev–Trinajstić information content (AvgIpc) is 2.64. The lowest BCUT2D eigenvalue weighted by atomic mass is 9.31. The zero-order valence-electron chi connectivity index (χ0n) is 19.5. The number of hydrogen-bond acceptors (Lipinski definition) is 5. The summed E-state index contributed by atoms with van der Waals surface area (Å²) in [5.41, 5.74) is 0.428. The van der Waals surface area contributed by atoms with E-state index in [1.807, 2.05) is 25.9 Å². The Hall–Kier alpha value is -1.14. The number of aliphatic hydroxyl groups excluding tert-OH is 1. The van der Waals surface area contributed by atoms with Crippen molar-refractivity contribution < 1.29 is 19.4 Å². The Balaban J connectivity index is 1.85. The Morgan fingerprint density at radius 2 is 1.97 bits per heavy atom. The number of esters is 1. The van der Waals surface area contributed by atoms with Crippen LogP contribution in [0.25, 0.3) is 0 Å². The van der Waals surface area contributed by atoms with Crippen LogP contribution in [0.15, 0.2) is 11.6 Å². The van der Waals surface area contributed by atoms with Gasteiger partial charge in [0.2, 0.25) is 0 Å². The largest absolute Gasteiger partial charge is 0.461 e. The summed E-state index contributed by atoms with van der Waals surface area (Å²) >= 11 is 0. The Kier molecular flexibility index (Phi) is 6.34. The van der Waals surface area contributed by atoms with Gasteiger partial charge in [-0.15, -0.1) is 0 Å². The maximum Gasteiger partial charge on any atom is 0.330 e. The van der Waals surface area contributed by atoms with Crippen molar-refractivity contribution in [3.63, 3.8) is 0 Å². The van der Waals surface area contributed by atoms with Crippen molar-refractivity contribution in [2.24, 2.45) is 28.6 Å². The number of rotatable bonds is 4. The molecule has 1 N–H and O–H groups in total. The summed E-state index contributed by atoms with van der Waals surface area (Å²) in [6.45, 7) is 9.47. The number of ether oxygens (including phenoxy) is 1. The number of carbonyl (C=O) groups is 2. The molecule has 3 fully saturated rings. The number of fused-ring (bicyclic) bond motifs is 3. The SMILES string of the molecule is [B][C@]12CC/C(=C\C(=O)OCCN(C)C)[C@H](C)[C@@H]1C(=O)C[C@H]1C(C)(C)[C@@H](O)CC[C@@]12C. The van der Waals surface area contributed by atoms with E-state index in [9.17, 15) is 14.7 Å². The van der Waals surface area contributed by atoms with Crippen LogP contribution in [0.1, 0.15) is 59.8 Å². The predicted octanol–water partition coefficient (Wildman–Crippen LogP) is 3.17. The van der Waals surface area contributed by atoms with Gasteiger partial charge in [-0.2, -0.15) is 0 Å². The summed E-state index contributed by atoms with van der Waals surface area (Å²) in [6, 6.07) is 0. The summed E-state index contributed by atoms with van der Waals surface area (Å²) in [5, 5.41) is 10.0. The first-order valence-corrected chi connectivity index (χ1v) is 11.4. The van der Waals surface area contributed by atoms with Crippen LogP contribution in [0.4, 0.5) is 0 Å². The molecule has 2 radical (unpaired) electrons. The highest BCUT2D eigenvalue weighted by Crippen LogP contribution is 2.72. The van der Waals surface area contributed by atoms with Crippen LogP contribution in [-0.2, 0) is 14.3 Å². The van der Waals surface area contributed by atoms with E-state index >= 15 is 0 Å². The van der Waals surface area contributed by atoms with Crippen LogP contribution in [0, 0.1) is 28.6 Å². The first-order chi connectivity index (χ1) is 13.8. The molecule has 3 saturated carbocycles. The maximum absolute atomic E-state index is 13.4. The molecule has 0 amide bonds. The molecule has 5 nitrogen and oxygen atoms in total. The highest BCUT2D eigenvalue weighted by Gasteiger charge is 2.65. The lowest BCUT2D eigenvalue weighted by Gasteiger charge is -2.67. The third-order valence-corrected chi connectivity index (χ3v) is 8.83. The van der Waals surface area contributed by atoms with E-state index in [0.29, 0.717) is 32.4 Å². The monoisotopic (exact) mass is 415 g/mol. The standard InChI is InChI=1S/C24H38BNO4/c1-15-16(13-20(29)30-12-11-26(5)6)7-10-24(25)21(15)17(27)14-18-22(2,3)19(28)8-9-23(18,24)4/h13,15,18-19,21,28H,7-12,14H2,1-6H3/b16-13+/t15-,18-,19-,21+,23-,24+/m0/s1. The van der Waals surface area contributed by atoms with Gasteiger partial charge in [-0.1, -0.05) is 45.0 Å². The van der Waals surface area contributed by atoms with Gasteiger partial charge in [0.15, 0.2) is 0 Å². The number of Topliss-reactive ketones (excluding diaryl/α,β-unsaturated/α-hetero) is 1. The summed E-state index contributed by atoms with van der Waals surface area (Å²) < 4.78 is 5.34. The van der Waals surface area contributed by atoms with Crippen molar-refractivity contribution >= 4 is 19.6 Å². The Labute approximate surface area is 183 Å². The molecule has 166 valence electrons. The highest BCUT2D eigenvalue weighted by atomic mass is 16.5. The van der Waals surface area contributed by atoms with Crippen molar-refractivity contribution in [2.45, 2.75) is 71.2 Å². The minimum atomic E-state index is -0.615. The van der Waals surface area contributed by atoms with Crippen molar-refractivity contribution in [1.29, 1.82) is 0 Å². The molecule has 3 rings (SSSR count). The Morgan fingerprint density at radius 1 is 1.30 bits per heavy atom. The van der Waals surface area contributed by atoms with Crippen molar-refractivity contribution in [2.75, 3.05) is 27.2 Å². The summed E-state index contributed by atoms with van der Waals surface area (Å²) in [5.74, 6) is -0.459. The molecular weight excluding hydrogens is 377 g/mol. The lowest BCUT2D eigenvalue weighted by molar-refractivity contribution is -0.167. The first-order valence-electron chi connectivity index (χ1n) is 11.4. The van der Waals surface area contributed by atoms with Gasteiger partial charge < -0.3 is 14.7 Å². The van der Waals surface area contributed by atoms with Crippen LogP contribution >= 0.6 is 0 Å². The van der Waals surface area contributed by atoms with Gasteiger partial charge in [-0.3, -0.25) is 4.79 Å². The van der Waals surface area contributed by atoms with Crippen LogP contribution in [0.5, 0.6) is 0 Å². The Morgan fingerprint density at radius 3 is 2.60 bits per heavy atom. The molecule has 3 aliphatic rings. The number of allylic oxidation sites excluding steroid dienone is 1. The van der Waals surface area contributed by atoms with E-state index in [1.54, 1.807) is 6.08 Å². The van der Waals surface area contributed by atoms with Gasteiger partial charge in [0.05, 0.1) is 14.0 Å². The van der Waals surface area contributed by atoms with Gasteiger partial charge in [-0.05, 0) is 56.0 Å². The number of carbonyl (C=O) groups excluding carboxylic acids is 2. The average molecular weight is 415 g/mol. The van der Waals surface area contributed by atoms with E-state index in [0.717, 1.165) is 18.4 Å². The minimum absolute atomic E-state index is 0.0660. The Bertz CT molecular complexity index is 733. The van der Waals surface area contributed by atoms with E-state index in [4.69, 9.17) is 12.6 Å². The van der Waals surface area contributed by atoms with Gasteiger partial charge in [0.25, 0.3) is 0 Å². The van der Waals surface area contributed by atoms with E-state index in [2.05, 4.69) is 20.8 Å². The topological polar surface area (TPSA) is 66.8 Å². The molecule has 6 atom stereocenters. The fraction of sp³-hybridized carbons (Fsp3) is 0.833. The quantitative estimate of drug-likeness (QED) is 0.434.